The van der Waals surface area contributed by atoms with Gasteiger partial charge >= 0.3 is 6.16 Å². The highest BCUT2D eigenvalue weighted by atomic mass is 17.0. The molecule has 2 rings (SSSR count). The lowest BCUT2D eigenvalue weighted by molar-refractivity contribution is -0.425. The minimum atomic E-state index is -1.14. The van der Waals surface area contributed by atoms with Gasteiger partial charge < -0.3 is 14.2 Å². The van der Waals surface area contributed by atoms with Gasteiger partial charge in [0.05, 0.1) is 25.9 Å². The van der Waals surface area contributed by atoms with E-state index in [-0.39, 0.29) is 6.10 Å². The molecule has 58 valence electrons. The Bertz CT molecular complexity index is 130. The number of hydrogen-bond donors (Lipinski definition) is 0. The van der Waals surface area contributed by atoms with E-state index >= 15 is 0 Å². The summed E-state index contributed by atoms with van der Waals surface area (Å²) in [6.45, 7) is 3.55. The van der Waals surface area contributed by atoms with Crippen molar-refractivity contribution in [2.75, 3.05) is 19.8 Å². The molecule has 0 amide bonds. The summed E-state index contributed by atoms with van der Waals surface area (Å²) in [4.78, 5) is 0. The maximum absolute atomic E-state index is 5.24. The molecule has 0 aliphatic carbocycles. The van der Waals surface area contributed by atoms with Gasteiger partial charge in [-0.15, -0.1) is 0 Å². The predicted octanol–water partition coefficient (Wildman–Crippen LogP) is 0.0798. The van der Waals surface area contributed by atoms with E-state index in [2.05, 4.69) is 0 Å². The minimum Gasteiger partial charge on any atom is -0.301 e. The lowest BCUT2D eigenvalue weighted by Crippen LogP contribution is -2.31. The van der Waals surface area contributed by atoms with Crippen LogP contribution in [0.15, 0.2) is 0 Å². The summed E-state index contributed by atoms with van der Waals surface area (Å²) in [6.07, 6.45) is -1.07. The summed E-state index contributed by atoms with van der Waals surface area (Å²) in [5.41, 5.74) is 0. The fourth-order valence-electron chi connectivity index (χ4n) is 1.06. The molecule has 0 N–H and O–H groups in total. The van der Waals surface area contributed by atoms with Gasteiger partial charge in [-0.05, 0) is 6.92 Å². The van der Waals surface area contributed by atoms with Crippen LogP contribution in [0.4, 0.5) is 0 Å². The number of hydrogen-bond acceptors (Lipinski definition) is 4. The number of rotatable bonds is 0. The zero-order valence-electron chi connectivity index (χ0n) is 5.83. The van der Waals surface area contributed by atoms with Crippen LogP contribution in [0.3, 0.4) is 0 Å². The molecule has 2 aliphatic heterocycles. The Hall–Kier alpha value is -0.160. The van der Waals surface area contributed by atoms with Crippen LogP contribution in [-0.4, -0.2) is 32.1 Å². The largest absolute Gasteiger partial charge is 0.413 e. The maximum atomic E-state index is 5.24. The van der Waals surface area contributed by atoms with Gasteiger partial charge in [0.25, 0.3) is 0 Å². The van der Waals surface area contributed by atoms with Gasteiger partial charge in [-0.1, -0.05) is 0 Å². The van der Waals surface area contributed by atoms with Crippen molar-refractivity contribution in [3.63, 3.8) is 0 Å². The molecular weight excluding hydrogens is 136 g/mol. The molecule has 4 nitrogen and oxygen atoms in total. The highest BCUT2D eigenvalue weighted by Crippen LogP contribution is 2.29. The molecule has 2 saturated heterocycles. The van der Waals surface area contributed by atoms with Crippen molar-refractivity contribution in [2.24, 2.45) is 0 Å². The van der Waals surface area contributed by atoms with E-state index in [9.17, 15) is 0 Å². The first-order valence-corrected chi connectivity index (χ1v) is 3.40. The quantitative estimate of drug-likeness (QED) is 0.485. The summed E-state index contributed by atoms with van der Waals surface area (Å²) < 4.78 is 20.6. The molecule has 2 fully saturated rings. The van der Waals surface area contributed by atoms with Gasteiger partial charge in [0.15, 0.2) is 0 Å². The molecule has 10 heavy (non-hydrogen) atoms. The molecule has 0 saturated carbocycles. The summed E-state index contributed by atoms with van der Waals surface area (Å²) >= 11 is 0. The molecule has 0 aromatic carbocycles. The highest BCUT2D eigenvalue weighted by Gasteiger charge is 2.46. The average Bonchev–Trinajstić information content (AvgIpc) is 2.46. The summed E-state index contributed by atoms with van der Waals surface area (Å²) in [6, 6.07) is 0. The van der Waals surface area contributed by atoms with E-state index in [0.29, 0.717) is 19.8 Å². The fourth-order valence-corrected chi connectivity index (χ4v) is 1.06. The standard InChI is InChI=1S/C6H10O4/c1-5-4-9-6(10-5)7-2-3-8-6/h5H,2-4H2,1H3. The topological polar surface area (TPSA) is 36.9 Å². The SMILES string of the molecule is CC1COC2(OCCO2)O1. The summed E-state index contributed by atoms with van der Waals surface area (Å²) in [7, 11) is 0. The van der Waals surface area contributed by atoms with Crippen molar-refractivity contribution in [3.05, 3.63) is 0 Å². The minimum absolute atomic E-state index is 0.0677. The van der Waals surface area contributed by atoms with Crippen LogP contribution in [0, 0.1) is 0 Å². The van der Waals surface area contributed by atoms with Crippen LogP contribution in [0.1, 0.15) is 6.92 Å². The van der Waals surface area contributed by atoms with E-state index in [4.69, 9.17) is 18.9 Å². The smallest absolute Gasteiger partial charge is 0.301 e. The molecule has 0 aromatic rings. The first-order chi connectivity index (χ1) is 4.81. The molecule has 4 heteroatoms. The third-order valence-electron chi connectivity index (χ3n) is 1.48. The molecule has 1 unspecified atom stereocenters. The second-order valence-corrected chi connectivity index (χ2v) is 2.44. The first-order valence-electron chi connectivity index (χ1n) is 3.40. The first kappa shape index (κ1) is 6.54. The second-order valence-electron chi connectivity index (χ2n) is 2.44. The Kier molecular flexibility index (Phi) is 1.42. The molecule has 2 heterocycles. The lowest BCUT2D eigenvalue weighted by Gasteiger charge is -2.17. The second kappa shape index (κ2) is 2.17. The van der Waals surface area contributed by atoms with Crippen LogP contribution >= 0.6 is 0 Å². The van der Waals surface area contributed by atoms with Crippen LogP contribution < -0.4 is 0 Å². The summed E-state index contributed by atoms with van der Waals surface area (Å²) in [5, 5.41) is 0. The van der Waals surface area contributed by atoms with Crippen molar-refractivity contribution in [1.82, 2.24) is 0 Å². The average molecular weight is 146 g/mol. The lowest BCUT2D eigenvalue weighted by atomic mass is 10.5. The van der Waals surface area contributed by atoms with Crippen LogP contribution in [0.25, 0.3) is 0 Å². The third-order valence-corrected chi connectivity index (χ3v) is 1.48. The van der Waals surface area contributed by atoms with E-state index in [1.165, 1.54) is 0 Å². The molecule has 0 aromatic heterocycles. The van der Waals surface area contributed by atoms with Crippen LogP contribution in [-0.2, 0) is 18.9 Å². The van der Waals surface area contributed by atoms with Crippen molar-refractivity contribution in [1.29, 1.82) is 0 Å². The van der Waals surface area contributed by atoms with Gasteiger partial charge in [-0.25, -0.2) is 0 Å². The third kappa shape index (κ3) is 0.932. The Morgan fingerprint density at radius 3 is 2.40 bits per heavy atom. The van der Waals surface area contributed by atoms with Crippen molar-refractivity contribution in [2.45, 2.75) is 19.2 Å². The van der Waals surface area contributed by atoms with Crippen molar-refractivity contribution >= 4 is 0 Å². The fraction of sp³-hybridized carbons (Fsp3) is 1.00. The van der Waals surface area contributed by atoms with Crippen molar-refractivity contribution < 1.29 is 18.9 Å². The van der Waals surface area contributed by atoms with Crippen molar-refractivity contribution in [3.8, 4) is 0 Å². The zero-order valence-corrected chi connectivity index (χ0v) is 5.83. The van der Waals surface area contributed by atoms with Gasteiger partial charge in [0.2, 0.25) is 0 Å². The monoisotopic (exact) mass is 146 g/mol. The number of ether oxygens (including phenoxy) is 4. The van der Waals surface area contributed by atoms with Gasteiger partial charge in [0.1, 0.15) is 0 Å². The Morgan fingerprint density at radius 1 is 1.20 bits per heavy atom. The Morgan fingerprint density at radius 2 is 1.90 bits per heavy atom. The molecule has 1 spiro atoms. The molecule has 1 atom stereocenters. The van der Waals surface area contributed by atoms with Crippen LogP contribution in [0.5, 0.6) is 0 Å². The Labute approximate surface area is 59.0 Å². The van der Waals surface area contributed by atoms with Gasteiger partial charge in [-0.2, -0.15) is 0 Å². The highest BCUT2D eigenvalue weighted by molar-refractivity contribution is 4.62. The Balaban J connectivity index is 2.03. The van der Waals surface area contributed by atoms with Gasteiger partial charge in [-0.3, -0.25) is 4.74 Å². The molecule has 0 radical (unpaired) electrons. The molecule has 0 bridgehead atoms. The molecule has 2 aliphatic rings. The van der Waals surface area contributed by atoms with E-state index in [1.54, 1.807) is 0 Å². The molecular formula is C6H10O4. The van der Waals surface area contributed by atoms with Crippen LogP contribution in [0.2, 0.25) is 0 Å². The normalized spacial score (nSPS) is 37.5. The zero-order chi connectivity index (χ0) is 7.03. The predicted molar refractivity (Wildman–Crippen MR) is 31.1 cm³/mol. The van der Waals surface area contributed by atoms with E-state index < -0.39 is 6.16 Å². The van der Waals surface area contributed by atoms with E-state index in [1.807, 2.05) is 6.92 Å². The summed E-state index contributed by atoms with van der Waals surface area (Å²) in [5.74, 6) is 0. The maximum Gasteiger partial charge on any atom is 0.413 e. The van der Waals surface area contributed by atoms with E-state index in [0.717, 1.165) is 0 Å². The van der Waals surface area contributed by atoms with Gasteiger partial charge in [0, 0.05) is 0 Å².